The maximum absolute atomic E-state index is 6.05. The number of rotatable bonds is 3. The first-order chi connectivity index (χ1) is 8.13. The number of benzene rings is 1. The molecule has 0 atom stereocenters. The van der Waals surface area contributed by atoms with E-state index in [4.69, 9.17) is 17.3 Å². The SMILES string of the molecule is C=CCn1cnc(-c2ccc(Br)c(Cl)c2)c1N. The second-order valence-corrected chi connectivity index (χ2v) is 4.81. The van der Waals surface area contributed by atoms with E-state index in [2.05, 4.69) is 27.5 Å². The van der Waals surface area contributed by atoms with Crippen LogP contribution in [0.25, 0.3) is 11.3 Å². The third-order valence-corrected chi connectivity index (χ3v) is 3.63. The van der Waals surface area contributed by atoms with Crippen molar-refractivity contribution in [1.82, 2.24) is 9.55 Å². The van der Waals surface area contributed by atoms with Crippen LogP contribution in [-0.4, -0.2) is 9.55 Å². The van der Waals surface area contributed by atoms with Crippen LogP contribution in [0.15, 0.2) is 41.7 Å². The zero-order chi connectivity index (χ0) is 12.4. The lowest BCUT2D eigenvalue weighted by Gasteiger charge is -2.04. The Morgan fingerprint density at radius 1 is 1.53 bits per heavy atom. The Labute approximate surface area is 113 Å². The zero-order valence-electron chi connectivity index (χ0n) is 9.03. The molecule has 0 radical (unpaired) electrons. The van der Waals surface area contributed by atoms with Gasteiger partial charge in [-0.05, 0) is 28.1 Å². The Bertz CT molecular complexity index is 563. The summed E-state index contributed by atoms with van der Waals surface area (Å²) >= 11 is 9.39. The second-order valence-electron chi connectivity index (χ2n) is 3.55. The van der Waals surface area contributed by atoms with Crippen LogP contribution < -0.4 is 5.73 Å². The average Bonchev–Trinajstić information content (AvgIpc) is 2.66. The minimum Gasteiger partial charge on any atom is -0.383 e. The van der Waals surface area contributed by atoms with Crippen LogP contribution in [-0.2, 0) is 6.54 Å². The molecule has 0 unspecified atom stereocenters. The molecule has 17 heavy (non-hydrogen) atoms. The maximum atomic E-state index is 6.05. The van der Waals surface area contributed by atoms with E-state index < -0.39 is 0 Å². The summed E-state index contributed by atoms with van der Waals surface area (Å²) < 4.78 is 2.69. The van der Waals surface area contributed by atoms with Crippen molar-refractivity contribution in [3.63, 3.8) is 0 Å². The minimum atomic E-state index is 0.614. The van der Waals surface area contributed by atoms with Crippen molar-refractivity contribution in [2.24, 2.45) is 0 Å². The first-order valence-corrected chi connectivity index (χ1v) is 6.17. The Morgan fingerprint density at radius 2 is 2.29 bits per heavy atom. The molecule has 0 fully saturated rings. The Balaban J connectivity index is 2.46. The molecule has 0 aliphatic heterocycles. The van der Waals surface area contributed by atoms with Crippen LogP contribution in [0.3, 0.4) is 0 Å². The number of anilines is 1. The van der Waals surface area contributed by atoms with Gasteiger partial charge in [0.1, 0.15) is 11.5 Å². The number of hydrogen-bond acceptors (Lipinski definition) is 2. The number of nitrogens with zero attached hydrogens (tertiary/aromatic N) is 2. The van der Waals surface area contributed by atoms with E-state index in [1.165, 1.54) is 0 Å². The fourth-order valence-electron chi connectivity index (χ4n) is 1.54. The fraction of sp³-hybridized carbons (Fsp3) is 0.0833. The van der Waals surface area contributed by atoms with Gasteiger partial charge in [-0.15, -0.1) is 6.58 Å². The van der Waals surface area contributed by atoms with Gasteiger partial charge >= 0.3 is 0 Å². The molecule has 0 spiro atoms. The number of allylic oxidation sites excluding steroid dienone is 1. The van der Waals surface area contributed by atoms with Crippen LogP contribution in [0, 0.1) is 0 Å². The van der Waals surface area contributed by atoms with E-state index >= 15 is 0 Å². The fourth-order valence-corrected chi connectivity index (χ4v) is 1.97. The molecule has 0 aliphatic carbocycles. The second kappa shape index (κ2) is 4.94. The van der Waals surface area contributed by atoms with Crippen molar-refractivity contribution in [1.29, 1.82) is 0 Å². The number of halogens is 2. The lowest BCUT2D eigenvalue weighted by atomic mass is 10.1. The molecule has 2 N–H and O–H groups in total. The molecular formula is C12H11BrClN3. The van der Waals surface area contributed by atoms with Crippen molar-refractivity contribution in [3.05, 3.63) is 46.7 Å². The molecule has 1 aromatic carbocycles. The van der Waals surface area contributed by atoms with Crippen molar-refractivity contribution < 1.29 is 0 Å². The van der Waals surface area contributed by atoms with Crippen molar-refractivity contribution in [2.75, 3.05) is 5.73 Å². The number of aromatic nitrogens is 2. The van der Waals surface area contributed by atoms with E-state index in [-0.39, 0.29) is 0 Å². The molecule has 2 aromatic rings. The molecule has 0 saturated heterocycles. The Hall–Kier alpha value is -1.26. The molecule has 1 aromatic heterocycles. The Kier molecular flexibility index (Phi) is 3.54. The summed E-state index contributed by atoms with van der Waals surface area (Å²) in [5, 5.41) is 0.639. The van der Waals surface area contributed by atoms with Gasteiger partial charge in [0.2, 0.25) is 0 Å². The summed E-state index contributed by atoms with van der Waals surface area (Å²) in [5.41, 5.74) is 7.65. The summed E-state index contributed by atoms with van der Waals surface area (Å²) in [6, 6.07) is 5.64. The summed E-state index contributed by atoms with van der Waals surface area (Å²) in [5.74, 6) is 0.614. The molecule has 0 aliphatic rings. The maximum Gasteiger partial charge on any atom is 0.131 e. The van der Waals surface area contributed by atoms with Gasteiger partial charge in [-0.1, -0.05) is 23.7 Å². The predicted molar refractivity (Wildman–Crippen MR) is 75.0 cm³/mol. The molecule has 88 valence electrons. The molecule has 5 heteroatoms. The number of nitrogens with two attached hydrogens (primary N) is 1. The zero-order valence-corrected chi connectivity index (χ0v) is 11.4. The number of nitrogen functional groups attached to an aromatic ring is 1. The topological polar surface area (TPSA) is 43.8 Å². The van der Waals surface area contributed by atoms with Crippen molar-refractivity contribution in [3.8, 4) is 11.3 Å². The first kappa shape index (κ1) is 12.2. The quantitative estimate of drug-likeness (QED) is 0.878. The van der Waals surface area contributed by atoms with Gasteiger partial charge in [0.25, 0.3) is 0 Å². The van der Waals surface area contributed by atoms with Crippen LogP contribution in [0.5, 0.6) is 0 Å². The molecule has 0 saturated carbocycles. The molecule has 3 nitrogen and oxygen atoms in total. The summed E-state index contributed by atoms with van der Waals surface area (Å²) in [4.78, 5) is 4.29. The highest BCUT2D eigenvalue weighted by molar-refractivity contribution is 9.10. The van der Waals surface area contributed by atoms with E-state index in [1.54, 1.807) is 12.4 Å². The van der Waals surface area contributed by atoms with E-state index in [1.807, 2.05) is 22.8 Å². The van der Waals surface area contributed by atoms with Gasteiger partial charge in [-0.2, -0.15) is 0 Å². The highest BCUT2D eigenvalue weighted by Crippen LogP contribution is 2.30. The monoisotopic (exact) mass is 311 g/mol. The lowest BCUT2D eigenvalue weighted by Crippen LogP contribution is -2.00. The normalized spacial score (nSPS) is 10.5. The predicted octanol–water partition coefficient (Wildman–Crippen LogP) is 3.73. The van der Waals surface area contributed by atoms with Gasteiger partial charge < -0.3 is 10.3 Å². The average molecular weight is 313 g/mol. The molecule has 1 heterocycles. The molecule has 0 amide bonds. The number of hydrogen-bond donors (Lipinski definition) is 1. The third kappa shape index (κ3) is 2.37. The van der Waals surface area contributed by atoms with Crippen molar-refractivity contribution in [2.45, 2.75) is 6.54 Å². The van der Waals surface area contributed by atoms with Gasteiger partial charge in [-0.25, -0.2) is 4.98 Å². The summed E-state index contributed by atoms with van der Waals surface area (Å²) in [7, 11) is 0. The summed E-state index contributed by atoms with van der Waals surface area (Å²) in [6.45, 7) is 4.32. The van der Waals surface area contributed by atoms with Gasteiger partial charge in [0.05, 0.1) is 11.3 Å². The van der Waals surface area contributed by atoms with Crippen LogP contribution in [0.4, 0.5) is 5.82 Å². The van der Waals surface area contributed by atoms with Gasteiger partial charge in [-0.3, -0.25) is 0 Å². The van der Waals surface area contributed by atoms with Crippen LogP contribution in [0.1, 0.15) is 0 Å². The van der Waals surface area contributed by atoms with Crippen molar-refractivity contribution >= 4 is 33.3 Å². The largest absolute Gasteiger partial charge is 0.383 e. The van der Waals surface area contributed by atoms with E-state index in [0.29, 0.717) is 17.4 Å². The lowest BCUT2D eigenvalue weighted by molar-refractivity contribution is 0.833. The van der Waals surface area contributed by atoms with Crippen LogP contribution >= 0.6 is 27.5 Å². The first-order valence-electron chi connectivity index (χ1n) is 5.00. The highest BCUT2D eigenvalue weighted by atomic mass is 79.9. The third-order valence-electron chi connectivity index (χ3n) is 2.40. The van der Waals surface area contributed by atoms with Gasteiger partial charge in [0.15, 0.2) is 0 Å². The molecule has 2 rings (SSSR count). The minimum absolute atomic E-state index is 0.614. The highest BCUT2D eigenvalue weighted by Gasteiger charge is 2.10. The smallest absolute Gasteiger partial charge is 0.131 e. The molecule has 0 bridgehead atoms. The van der Waals surface area contributed by atoms with Crippen LogP contribution in [0.2, 0.25) is 5.02 Å². The molecular weight excluding hydrogens is 302 g/mol. The Morgan fingerprint density at radius 3 is 2.94 bits per heavy atom. The summed E-state index contributed by atoms with van der Waals surface area (Å²) in [6.07, 6.45) is 3.47. The van der Waals surface area contributed by atoms with Gasteiger partial charge in [0, 0.05) is 16.6 Å². The van der Waals surface area contributed by atoms with E-state index in [9.17, 15) is 0 Å². The number of imidazole rings is 1. The van der Waals surface area contributed by atoms with E-state index in [0.717, 1.165) is 15.7 Å². The standard InChI is InChI=1S/C12H11BrClN3/c1-2-5-17-7-16-11(12(17)15)8-3-4-9(13)10(14)6-8/h2-4,6-7H,1,5,15H2.